The minimum absolute atomic E-state index is 0.113. The fraction of sp³-hybridized carbons (Fsp3) is 0.115. The van der Waals surface area contributed by atoms with Crippen molar-refractivity contribution in [3.63, 3.8) is 0 Å². The molecule has 0 heterocycles. The van der Waals surface area contributed by atoms with Gasteiger partial charge < -0.3 is 4.90 Å². The summed E-state index contributed by atoms with van der Waals surface area (Å²) < 4.78 is 0. The number of nitrogens with zero attached hydrogens (tertiary/aromatic N) is 1. The maximum atomic E-state index is 2.51. The Hall–Kier alpha value is -6.18. The average Bonchev–Trinajstić information content (AvgIpc) is 3.58. The van der Waals surface area contributed by atoms with Crippen LogP contribution < -0.4 is 4.90 Å². The Morgan fingerprint density at radius 1 is 0.340 bits per heavy atom. The first kappa shape index (κ1) is 31.5. The molecular formula is C52H41N. The number of hydrogen-bond acceptors (Lipinski definition) is 1. The highest BCUT2D eigenvalue weighted by molar-refractivity contribution is 6.07. The normalized spacial score (nSPS) is 14.3. The molecule has 0 fully saturated rings. The number of fused-ring (bicyclic) bond motifs is 7. The van der Waals surface area contributed by atoms with Crippen LogP contribution in [0, 0.1) is 0 Å². The predicted molar refractivity (Wildman–Crippen MR) is 225 cm³/mol. The van der Waals surface area contributed by atoms with Crippen LogP contribution in [0.4, 0.5) is 17.1 Å². The van der Waals surface area contributed by atoms with Crippen molar-refractivity contribution in [3.8, 4) is 44.5 Å². The van der Waals surface area contributed by atoms with E-state index >= 15 is 0 Å². The molecule has 0 aromatic heterocycles. The Bertz CT molecular complexity index is 2720. The van der Waals surface area contributed by atoms with Crippen molar-refractivity contribution in [3.05, 3.63) is 198 Å². The zero-order valence-corrected chi connectivity index (χ0v) is 30.7. The minimum atomic E-state index is -0.119. The molecule has 0 bridgehead atoms. The van der Waals surface area contributed by atoms with Crippen LogP contribution in [0.25, 0.3) is 55.3 Å². The summed E-state index contributed by atoms with van der Waals surface area (Å²) in [6, 6.07) is 65.3. The molecule has 254 valence electrons. The second-order valence-corrected chi connectivity index (χ2v) is 15.7. The molecule has 1 nitrogen and oxygen atoms in total. The molecule has 0 spiro atoms. The number of anilines is 3. The van der Waals surface area contributed by atoms with Gasteiger partial charge in [0, 0.05) is 27.6 Å². The summed E-state index contributed by atoms with van der Waals surface area (Å²) in [4.78, 5) is 2.51. The van der Waals surface area contributed by atoms with Crippen LogP contribution in [0.1, 0.15) is 49.9 Å². The van der Waals surface area contributed by atoms with E-state index in [0.29, 0.717) is 0 Å². The molecule has 0 saturated carbocycles. The zero-order valence-electron chi connectivity index (χ0n) is 30.7. The summed E-state index contributed by atoms with van der Waals surface area (Å²) in [5.41, 5.74) is 19.1. The third kappa shape index (κ3) is 4.70. The summed E-state index contributed by atoms with van der Waals surface area (Å²) in [6.07, 6.45) is 0. The van der Waals surface area contributed by atoms with E-state index in [1.807, 2.05) is 0 Å². The highest BCUT2D eigenvalue weighted by Crippen LogP contribution is 2.55. The molecule has 0 radical (unpaired) electrons. The van der Waals surface area contributed by atoms with Crippen molar-refractivity contribution in [2.45, 2.75) is 38.5 Å². The molecule has 8 aromatic rings. The first-order valence-corrected chi connectivity index (χ1v) is 18.8. The summed E-state index contributed by atoms with van der Waals surface area (Å²) in [6.45, 7) is 9.49. The smallest absolute Gasteiger partial charge is 0.0540 e. The average molecular weight is 680 g/mol. The lowest BCUT2D eigenvalue weighted by molar-refractivity contribution is 0.660. The maximum Gasteiger partial charge on any atom is 0.0540 e. The predicted octanol–water partition coefficient (Wildman–Crippen LogP) is 14.3. The van der Waals surface area contributed by atoms with Gasteiger partial charge in [0.05, 0.1) is 5.69 Å². The van der Waals surface area contributed by atoms with Gasteiger partial charge in [0.15, 0.2) is 0 Å². The van der Waals surface area contributed by atoms with Gasteiger partial charge >= 0.3 is 0 Å². The Labute approximate surface area is 312 Å². The maximum absolute atomic E-state index is 2.51. The Morgan fingerprint density at radius 2 is 0.868 bits per heavy atom. The van der Waals surface area contributed by atoms with E-state index < -0.39 is 0 Å². The van der Waals surface area contributed by atoms with E-state index in [-0.39, 0.29) is 10.8 Å². The highest BCUT2D eigenvalue weighted by atomic mass is 15.1. The third-order valence-electron chi connectivity index (χ3n) is 12.1. The van der Waals surface area contributed by atoms with Crippen LogP contribution in [-0.2, 0) is 10.8 Å². The van der Waals surface area contributed by atoms with Gasteiger partial charge in [-0.15, -0.1) is 0 Å². The lowest BCUT2D eigenvalue weighted by Crippen LogP contribution is -2.17. The van der Waals surface area contributed by atoms with E-state index in [9.17, 15) is 0 Å². The summed E-state index contributed by atoms with van der Waals surface area (Å²) >= 11 is 0. The van der Waals surface area contributed by atoms with Crippen molar-refractivity contribution in [1.82, 2.24) is 0 Å². The SMILES string of the molecule is CC1(C)c2ccccc2-c2ccc(N(c3ccc4c(c3)-c3c(-c5ccccc5)cccc3C4(C)C)c3ccc(-c4ccccc4)c4ccccc34)cc21. The molecule has 53 heavy (non-hydrogen) atoms. The van der Waals surface area contributed by atoms with E-state index in [4.69, 9.17) is 0 Å². The van der Waals surface area contributed by atoms with Crippen LogP contribution in [0.2, 0.25) is 0 Å². The minimum Gasteiger partial charge on any atom is -0.310 e. The van der Waals surface area contributed by atoms with Crippen LogP contribution in [0.5, 0.6) is 0 Å². The van der Waals surface area contributed by atoms with Crippen molar-refractivity contribution in [2.75, 3.05) is 4.90 Å². The number of rotatable bonds is 5. The lowest BCUT2D eigenvalue weighted by atomic mass is 9.82. The standard InChI is InChI=1S/C52H41N/c1-51(2)46-30-27-36(32-44(46)50-39(23-15-25-47(50)51)35-18-9-6-10-19-35)53(37-26-28-42-41-21-13-14-24-45(41)52(3,4)48(42)33-37)49-31-29-38(34-16-7-5-8-17-34)40-20-11-12-22-43(40)49/h5-33H,1-4H3. The molecule has 1 heteroatoms. The molecule has 0 amide bonds. The van der Waals surface area contributed by atoms with Crippen molar-refractivity contribution >= 4 is 27.8 Å². The van der Waals surface area contributed by atoms with Crippen LogP contribution in [-0.4, -0.2) is 0 Å². The van der Waals surface area contributed by atoms with Crippen LogP contribution in [0.3, 0.4) is 0 Å². The summed E-state index contributed by atoms with van der Waals surface area (Å²) in [5, 5.41) is 2.47. The topological polar surface area (TPSA) is 3.24 Å². The summed E-state index contributed by atoms with van der Waals surface area (Å²) in [5.74, 6) is 0. The van der Waals surface area contributed by atoms with Crippen molar-refractivity contribution < 1.29 is 0 Å². The van der Waals surface area contributed by atoms with Crippen LogP contribution >= 0.6 is 0 Å². The first-order chi connectivity index (χ1) is 25.8. The fourth-order valence-electron chi connectivity index (χ4n) is 9.40. The van der Waals surface area contributed by atoms with E-state index in [0.717, 1.165) is 11.4 Å². The highest BCUT2D eigenvalue weighted by Gasteiger charge is 2.38. The number of benzene rings is 8. The molecule has 2 aliphatic carbocycles. The molecule has 0 unspecified atom stereocenters. The van der Waals surface area contributed by atoms with Gasteiger partial charge in [-0.1, -0.05) is 173 Å². The quantitative estimate of drug-likeness (QED) is 0.175. The molecular weight excluding hydrogens is 639 g/mol. The van der Waals surface area contributed by atoms with Gasteiger partial charge in [-0.25, -0.2) is 0 Å². The zero-order chi connectivity index (χ0) is 35.9. The molecule has 0 aliphatic heterocycles. The van der Waals surface area contributed by atoms with Gasteiger partial charge in [0.2, 0.25) is 0 Å². The fourth-order valence-corrected chi connectivity index (χ4v) is 9.40. The Balaban J connectivity index is 1.23. The van der Waals surface area contributed by atoms with E-state index in [1.165, 1.54) is 83.2 Å². The van der Waals surface area contributed by atoms with Crippen LogP contribution in [0.15, 0.2) is 176 Å². The third-order valence-corrected chi connectivity index (χ3v) is 12.1. The van der Waals surface area contributed by atoms with Crippen molar-refractivity contribution in [1.29, 1.82) is 0 Å². The van der Waals surface area contributed by atoms with Gasteiger partial charge in [-0.2, -0.15) is 0 Å². The molecule has 2 aliphatic rings. The number of hydrogen-bond donors (Lipinski definition) is 0. The molecule has 0 saturated heterocycles. The van der Waals surface area contributed by atoms with Gasteiger partial charge in [0.1, 0.15) is 0 Å². The van der Waals surface area contributed by atoms with Gasteiger partial charge in [-0.05, 0) is 102 Å². The first-order valence-electron chi connectivity index (χ1n) is 18.8. The summed E-state index contributed by atoms with van der Waals surface area (Å²) in [7, 11) is 0. The van der Waals surface area contributed by atoms with E-state index in [1.54, 1.807) is 0 Å². The molecule has 10 rings (SSSR count). The second kappa shape index (κ2) is 11.7. The Kier molecular flexibility index (Phi) is 6.94. The van der Waals surface area contributed by atoms with Gasteiger partial charge in [-0.3, -0.25) is 0 Å². The molecule has 0 atom stereocenters. The monoisotopic (exact) mass is 679 g/mol. The molecule has 8 aromatic carbocycles. The molecule has 0 N–H and O–H groups in total. The second-order valence-electron chi connectivity index (χ2n) is 15.7. The van der Waals surface area contributed by atoms with Crippen molar-refractivity contribution in [2.24, 2.45) is 0 Å². The lowest BCUT2D eigenvalue weighted by Gasteiger charge is -2.30. The Morgan fingerprint density at radius 3 is 1.64 bits per heavy atom. The van der Waals surface area contributed by atoms with E-state index in [2.05, 4.69) is 209 Å². The largest absolute Gasteiger partial charge is 0.310 e. The van der Waals surface area contributed by atoms with Gasteiger partial charge in [0.25, 0.3) is 0 Å².